The molecule has 1 heterocycles. The quantitative estimate of drug-likeness (QED) is 0.834. The number of hydrogen-bond donors (Lipinski definition) is 0. The van der Waals surface area contributed by atoms with Crippen LogP contribution < -0.4 is 0 Å². The molecule has 3 rings (SSSR count). The molecule has 0 unspecified atom stereocenters. The van der Waals surface area contributed by atoms with E-state index >= 15 is 0 Å². The maximum atomic E-state index is 13.1. The fraction of sp³-hybridized carbons (Fsp3) is 0.364. The van der Waals surface area contributed by atoms with E-state index in [1.54, 1.807) is 4.90 Å². The molecule has 27 heavy (non-hydrogen) atoms. The van der Waals surface area contributed by atoms with Gasteiger partial charge in [0, 0.05) is 31.7 Å². The van der Waals surface area contributed by atoms with E-state index in [4.69, 9.17) is 0 Å². The van der Waals surface area contributed by atoms with E-state index in [1.165, 1.54) is 29.8 Å². The van der Waals surface area contributed by atoms with Crippen LogP contribution in [-0.4, -0.2) is 47.8 Å². The summed E-state index contributed by atoms with van der Waals surface area (Å²) in [6.07, 6.45) is 1.13. The molecule has 1 aliphatic heterocycles. The van der Waals surface area contributed by atoms with Crippen molar-refractivity contribution in [2.45, 2.75) is 26.7 Å². The van der Waals surface area contributed by atoms with E-state index in [1.807, 2.05) is 30.9 Å². The molecular formula is C22H25FN2O2. The third kappa shape index (κ3) is 4.73. The summed E-state index contributed by atoms with van der Waals surface area (Å²) < 4.78 is 13.1. The molecule has 0 aliphatic carbocycles. The Kier molecular flexibility index (Phi) is 5.89. The average Bonchev–Trinajstić information content (AvgIpc) is 2.90. The van der Waals surface area contributed by atoms with Crippen LogP contribution in [-0.2, 0) is 11.2 Å². The molecule has 142 valence electrons. The van der Waals surface area contributed by atoms with Gasteiger partial charge in [0.05, 0.1) is 6.42 Å². The van der Waals surface area contributed by atoms with Gasteiger partial charge in [-0.2, -0.15) is 0 Å². The molecule has 2 aromatic carbocycles. The predicted molar refractivity (Wildman–Crippen MR) is 103 cm³/mol. The molecule has 0 saturated carbocycles. The van der Waals surface area contributed by atoms with Crippen molar-refractivity contribution in [3.63, 3.8) is 0 Å². The number of carbonyl (C=O) groups is 2. The summed E-state index contributed by atoms with van der Waals surface area (Å²) in [6, 6.07) is 11.7. The summed E-state index contributed by atoms with van der Waals surface area (Å²) in [5.74, 6) is -0.373. The molecule has 2 aromatic rings. The lowest BCUT2D eigenvalue weighted by atomic mass is 10.0. The fourth-order valence-electron chi connectivity index (χ4n) is 3.46. The largest absolute Gasteiger partial charge is 0.341 e. The molecule has 0 bridgehead atoms. The van der Waals surface area contributed by atoms with Gasteiger partial charge in [-0.1, -0.05) is 23.8 Å². The van der Waals surface area contributed by atoms with E-state index in [9.17, 15) is 14.0 Å². The van der Waals surface area contributed by atoms with E-state index in [0.717, 1.165) is 17.5 Å². The van der Waals surface area contributed by atoms with Gasteiger partial charge < -0.3 is 9.80 Å². The van der Waals surface area contributed by atoms with Crippen LogP contribution in [0.25, 0.3) is 0 Å². The third-order valence-corrected chi connectivity index (χ3v) is 5.07. The second-order valence-corrected chi connectivity index (χ2v) is 7.14. The Morgan fingerprint density at radius 3 is 2.30 bits per heavy atom. The van der Waals surface area contributed by atoms with Crippen LogP contribution in [0.3, 0.4) is 0 Å². The van der Waals surface area contributed by atoms with Crippen molar-refractivity contribution >= 4 is 11.8 Å². The van der Waals surface area contributed by atoms with Crippen molar-refractivity contribution in [3.05, 3.63) is 70.5 Å². The minimum absolute atomic E-state index is 0.0954. The van der Waals surface area contributed by atoms with E-state index < -0.39 is 0 Å². The van der Waals surface area contributed by atoms with Crippen molar-refractivity contribution in [1.29, 1.82) is 0 Å². The number of amides is 2. The van der Waals surface area contributed by atoms with Crippen molar-refractivity contribution in [3.8, 4) is 0 Å². The zero-order chi connectivity index (χ0) is 19.4. The van der Waals surface area contributed by atoms with Gasteiger partial charge in [-0.3, -0.25) is 9.59 Å². The second-order valence-electron chi connectivity index (χ2n) is 7.14. The number of benzene rings is 2. The first kappa shape index (κ1) is 19.1. The molecule has 0 N–H and O–H groups in total. The van der Waals surface area contributed by atoms with Crippen LogP contribution in [0.5, 0.6) is 0 Å². The van der Waals surface area contributed by atoms with Crippen LogP contribution in [0.15, 0.2) is 42.5 Å². The van der Waals surface area contributed by atoms with Crippen LogP contribution in [0.2, 0.25) is 0 Å². The SMILES string of the molecule is Cc1ccc(CC(=O)N2CCCN(C(=O)c3ccc(F)cc3)CC2)c(C)c1. The number of hydrogen-bond acceptors (Lipinski definition) is 2. The van der Waals surface area contributed by atoms with Crippen molar-refractivity contribution < 1.29 is 14.0 Å². The lowest BCUT2D eigenvalue weighted by Gasteiger charge is -2.22. The smallest absolute Gasteiger partial charge is 0.253 e. The van der Waals surface area contributed by atoms with E-state index in [2.05, 4.69) is 6.07 Å². The van der Waals surface area contributed by atoms with Gasteiger partial charge in [0.25, 0.3) is 5.91 Å². The van der Waals surface area contributed by atoms with Gasteiger partial charge >= 0.3 is 0 Å². The standard InChI is InChI=1S/C22H25FN2O2/c1-16-4-5-19(17(2)14-16)15-21(26)24-10-3-11-25(13-12-24)22(27)18-6-8-20(23)9-7-18/h4-9,14H,3,10-13,15H2,1-2H3. The van der Waals surface area contributed by atoms with Crippen molar-refractivity contribution in [1.82, 2.24) is 9.80 Å². The minimum atomic E-state index is -0.356. The van der Waals surface area contributed by atoms with Gasteiger partial charge in [-0.05, 0) is 55.7 Å². The molecule has 1 saturated heterocycles. The maximum absolute atomic E-state index is 13.1. The highest BCUT2D eigenvalue weighted by Crippen LogP contribution is 2.15. The number of nitrogens with zero attached hydrogens (tertiary/aromatic N) is 2. The van der Waals surface area contributed by atoms with Gasteiger partial charge in [-0.15, -0.1) is 0 Å². The first-order valence-corrected chi connectivity index (χ1v) is 9.33. The Morgan fingerprint density at radius 2 is 1.59 bits per heavy atom. The first-order valence-electron chi connectivity index (χ1n) is 9.33. The second kappa shape index (κ2) is 8.33. The van der Waals surface area contributed by atoms with Gasteiger partial charge in [0.1, 0.15) is 5.82 Å². The lowest BCUT2D eigenvalue weighted by Crippen LogP contribution is -2.38. The highest BCUT2D eigenvalue weighted by atomic mass is 19.1. The van der Waals surface area contributed by atoms with Crippen molar-refractivity contribution in [2.75, 3.05) is 26.2 Å². The third-order valence-electron chi connectivity index (χ3n) is 5.07. The molecule has 1 fully saturated rings. The molecule has 4 nitrogen and oxygen atoms in total. The molecule has 0 radical (unpaired) electrons. The predicted octanol–water partition coefficient (Wildman–Crippen LogP) is 3.36. The zero-order valence-electron chi connectivity index (χ0n) is 15.9. The highest BCUT2D eigenvalue weighted by Gasteiger charge is 2.23. The Morgan fingerprint density at radius 1 is 0.926 bits per heavy atom. The number of aryl methyl sites for hydroxylation is 2. The number of halogens is 1. The van der Waals surface area contributed by atoms with Gasteiger partial charge in [0.2, 0.25) is 5.91 Å². The number of rotatable bonds is 3. The summed E-state index contributed by atoms with van der Waals surface area (Å²) >= 11 is 0. The minimum Gasteiger partial charge on any atom is -0.341 e. The highest BCUT2D eigenvalue weighted by molar-refractivity contribution is 5.94. The fourth-order valence-corrected chi connectivity index (χ4v) is 3.46. The number of carbonyl (C=O) groups excluding carboxylic acids is 2. The molecular weight excluding hydrogens is 343 g/mol. The Labute approximate surface area is 159 Å². The van der Waals surface area contributed by atoms with E-state index in [0.29, 0.717) is 38.2 Å². The molecule has 5 heteroatoms. The van der Waals surface area contributed by atoms with Gasteiger partial charge in [-0.25, -0.2) is 4.39 Å². The summed E-state index contributed by atoms with van der Waals surface area (Å²) in [5, 5.41) is 0. The van der Waals surface area contributed by atoms with Crippen LogP contribution in [0.4, 0.5) is 4.39 Å². The lowest BCUT2D eigenvalue weighted by molar-refractivity contribution is -0.130. The van der Waals surface area contributed by atoms with Crippen LogP contribution in [0, 0.1) is 19.7 Å². The van der Waals surface area contributed by atoms with Crippen LogP contribution in [0.1, 0.15) is 33.5 Å². The summed E-state index contributed by atoms with van der Waals surface area (Å²) in [5.41, 5.74) is 3.85. The monoisotopic (exact) mass is 368 g/mol. The summed E-state index contributed by atoms with van der Waals surface area (Å²) in [6.45, 7) is 6.34. The Hall–Kier alpha value is -2.69. The first-order chi connectivity index (χ1) is 12.9. The molecule has 1 aliphatic rings. The zero-order valence-corrected chi connectivity index (χ0v) is 15.9. The van der Waals surface area contributed by atoms with Crippen molar-refractivity contribution in [2.24, 2.45) is 0 Å². The normalized spacial score (nSPS) is 14.8. The molecule has 0 spiro atoms. The molecule has 0 atom stereocenters. The maximum Gasteiger partial charge on any atom is 0.253 e. The Balaban J connectivity index is 1.61. The average molecular weight is 368 g/mol. The van der Waals surface area contributed by atoms with E-state index in [-0.39, 0.29) is 17.6 Å². The summed E-state index contributed by atoms with van der Waals surface area (Å²) in [4.78, 5) is 28.9. The van der Waals surface area contributed by atoms with Crippen LogP contribution >= 0.6 is 0 Å². The topological polar surface area (TPSA) is 40.6 Å². The molecule has 2 amide bonds. The van der Waals surface area contributed by atoms with Gasteiger partial charge in [0.15, 0.2) is 0 Å². The Bertz CT molecular complexity index is 833. The summed E-state index contributed by atoms with van der Waals surface area (Å²) in [7, 11) is 0. The molecule has 0 aromatic heterocycles.